The summed E-state index contributed by atoms with van der Waals surface area (Å²) in [6, 6.07) is 3.57. The van der Waals surface area contributed by atoms with Crippen molar-refractivity contribution in [2.75, 3.05) is 17.2 Å². The topological polar surface area (TPSA) is 77.8 Å². The zero-order chi connectivity index (χ0) is 13.2. The maximum Gasteiger partial charge on any atom is 0.259 e. The van der Waals surface area contributed by atoms with Crippen molar-refractivity contribution in [3.63, 3.8) is 0 Å². The molecule has 1 saturated heterocycles. The van der Waals surface area contributed by atoms with Gasteiger partial charge >= 0.3 is 0 Å². The number of hydrogen-bond donors (Lipinski definition) is 1. The highest BCUT2D eigenvalue weighted by Gasteiger charge is 2.28. The van der Waals surface area contributed by atoms with Crippen LogP contribution in [0.4, 0.5) is 5.82 Å². The van der Waals surface area contributed by atoms with Crippen molar-refractivity contribution in [3.8, 4) is 11.5 Å². The summed E-state index contributed by atoms with van der Waals surface area (Å²) in [7, 11) is 0. The van der Waals surface area contributed by atoms with Crippen LogP contribution in [0.3, 0.4) is 0 Å². The second kappa shape index (κ2) is 5.42. The van der Waals surface area contributed by atoms with Crippen LogP contribution in [0.15, 0.2) is 22.9 Å². The van der Waals surface area contributed by atoms with E-state index in [1.807, 2.05) is 29.6 Å². The molecule has 3 rings (SSSR count). The molecule has 5 nitrogen and oxygen atoms in total. The Balaban J connectivity index is 1.84. The molecule has 1 aliphatic heterocycles. The maximum atomic E-state index is 5.56. The standard InChI is InChI=1S/C12H14N4OS2/c1-7-10(19-5-4-18-7)11-15-12(17-16-11)8-2-3-9(13)14-6-8/h2-3,6-7,10H,4-5H2,1H3,(H2,13,14). The number of thioether (sulfide) groups is 2. The van der Waals surface area contributed by atoms with E-state index in [4.69, 9.17) is 10.3 Å². The molecule has 2 unspecified atom stereocenters. The fourth-order valence-electron chi connectivity index (χ4n) is 1.92. The van der Waals surface area contributed by atoms with Gasteiger partial charge in [-0.05, 0) is 12.1 Å². The van der Waals surface area contributed by atoms with Crippen molar-refractivity contribution in [1.29, 1.82) is 0 Å². The van der Waals surface area contributed by atoms with E-state index in [9.17, 15) is 0 Å². The first kappa shape index (κ1) is 12.8. The Morgan fingerprint density at radius 1 is 1.32 bits per heavy atom. The zero-order valence-corrected chi connectivity index (χ0v) is 12.1. The molecule has 1 fully saturated rings. The van der Waals surface area contributed by atoms with Crippen molar-refractivity contribution in [3.05, 3.63) is 24.2 Å². The summed E-state index contributed by atoms with van der Waals surface area (Å²) in [5.41, 5.74) is 6.36. The monoisotopic (exact) mass is 294 g/mol. The van der Waals surface area contributed by atoms with Gasteiger partial charge in [-0.25, -0.2) is 4.98 Å². The molecule has 2 atom stereocenters. The number of anilines is 1. The average molecular weight is 294 g/mol. The minimum Gasteiger partial charge on any atom is -0.384 e. The number of hydrogen-bond acceptors (Lipinski definition) is 7. The highest BCUT2D eigenvalue weighted by molar-refractivity contribution is 8.06. The SMILES string of the molecule is CC1SCCSC1c1noc(-c2ccc(N)nc2)n1. The van der Waals surface area contributed by atoms with E-state index >= 15 is 0 Å². The Morgan fingerprint density at radius 2 is 2.16 bits per heavy atom. The Kier molecular flexibility index (Phi) is 3.65. The fourth-order valence-corrected chi connectivity index (χ4v) is 4.60. The van der Waals surface area contributed by atoms with E-state index < -0.39 is 0 Å². The van der Waals surface area contributed by atoms with Gasteiger partial charge in [-0.15, -0.1) is 11.8 Å². The minimum absolute atomic E-state index is 0.304. The quantitative estimate of drug-likeness (QED) is 0.912. The van der Waals surface area contributed by atoms with E-state index in [1.54, 1.807) is 12.3 Å². The summed E-state index contributed by atoms with van der Waals surface area (Å²) in [4.78, 5) is 8.52. The van der Waals surface area contributed by atoms with Gasteiger partial charge in [0.1, 0.15) is 5.82 Å². The van der Waals surface area contributed by atoms with Gasteiger partial charge in [0.25, 0.3) is 5.89 Å². The fraction of sp³-hybridized carbons (Fsp3) is 0.417. The highest BCUT2D eigenvalue weighted by atomic mass is 32.2. The van der Waals surface area contributed by atoms with E-state index in [1.165, 1.54) is 5.75 Å². The van der Waals surface area contributed by atoms with E-state index in [0.29, 0.717) is 22.2 Å². The molecule has 19 heavy (non-hydrogen) atoms. The van der Waals surface area contributed by atoms with Gasteiger partial charge in [-0.3, -0.25) is 0 Å². The van der Waals surface area contributed by atoms with Crippen molar-refractivity contribution in [2.24, 2.45) is 0 Å². The summed E-state index contributed by atoms with van der Waals surface area (Å²) < 4.78 is 5.33. The van der Waals surface area contributed by atoms with E-state index in [0.717, 1.165) is 17.1 Å². The molecule has 2 aromatic rings. The second-order valence-corrected chi connectivity index (χ2v) is 7.03. The Bertz CT molecular complexity index is 557. The van der Waals surface area contributed by atoms with E-state index in [-0.39, 0.29) is 0 Å². The highest BCUT2D eigenvalue weighted by Crippen LogP contribution is 2.41. The molecule has 2 aromatic heterocycles. The molecule has 0 aliphatic carbocycles. The van der Waals surface area contributed by atoms with Crippen LogP contribution < -0.4 is 5.73 Å². The molecule has 0 saturated carbocycles. The van der Waals surface area contributed by atoms with Gasteiger partial charge < -0.3 is 10.3 Å². The van der Waals surface area contributed by atoms with Gasteiger partial charge in [0, 0.05) is 23.0 Å². The van der Waals surface area contributed by atoms with Gasteiger partial charge in [0.15, 0.2) is 5.82 Å². The van der Waals surface area contributed by atoms with Gasteiger partial charge in [-0.1, -0.05) is 12.1 Å². The third-order valence-corrected chi connectivity index (χ3v) is 6.00. The molecule has 1 aliphatic rings. The van der Waals surface area contributed by atoms with Crippen molar-refractivity contribution < 1.29 is 4.52 Å². The molecule has 2 N–H and O–H groups in total. The van der Waals surface area contributed by atoms with Crippen LogP contribution in [0.5, 0.6) is 0 Å². The molecule has 3 heterocycles. The lowest BCUT2D eigenvalue weighted by molar-refractivity contribution is 0.421. The molecule has 100 valence electrons. The molecular weight excluding hydrogens is 280 g/mol. The first-order valence-electron chi connectivity index (χ1n) is 6.03. The Hall–Kier alpha value is -1.21. The smallest absolute Gasteiger partial charge is 0.259 e. The zero-order valence-electron chi connectivity index (χ0n) is 10.4. The van der Waals surface area contributed by atoms with Crippen molar-refractivity contribution in [2.45, 2.75) is 17.4 Å². The summed E-state index contributed by atoms with van der Waals surface area (Å²) in [6.45, 7) is 2.21. The predicted octanol–water partition coefficient (Wildman–Crippen LogP) is 2.62. The third kappa shape index (κ3) is 2.71. The third-order valence-electron chi connectivity index (χ3n) is 2.92. The lowest BCUT2D eigenvalue weighted by Gasteiger charge is -2.24. The molecular formula is C12H14N4OS2. The summed E-state index contributed by atoms with van der Waals surface area (Å²) in [5.74, 6) is 4.08. The van der Waals surface area contributed by atoms with E-state index in [2.05, 4.69) is 22.0 Å². The summed E-state index contributed by atoms with van der Waals surface area (Å²) in [5, 5.41) is 4.92. The number of pyridine rings is 1. The number of rotatable bonds is 2. The Morgan fingerprint density at radius 3 is 2.89 bits per heavy atom. The van der Waals surface area contributed by atoms with Crippen LogP contribution in [-0.4, -0.2) is 31.9 Å². The molecule has 0 aromatic carbocycles. The number of nitrogens with two attached hydrogens (primary N) is 1. The second-order valence-electron chi connectivity index (χ2n) is 4.30. The molecule has 0 amide bonds. The minimum atomic E-state index is 0.304. The lowest BCUT2D eigenvalue weighted by atomic mass is 10.3. The molecule has 0 radical (unpaired) electrons. The normalized spacial score (nSPS) is 23.4. The number of aromatic nitrogens is 3. The largest absolute Gasteiger partial charge is 0.384 e. The van der Waals surface area contributed by atoms with Crippen LogP contribution in [0.2, 0.25) is 0 Å². The first-order valence-corrected chi connectivity index (χ1v) is 8.12. The average Bonchev–Trinajstić information content (AvgIpc) is 2.89. The predicted molar refractivity (Wildman–Crippen MR) is 79.1 cm³/mol. The van der Waals surface area contributed by atoms with Crippen LogP contribution in [0.1, 0.15) is 18.0 Å². The van der Waals surface area contributed by atoms with Gasteiger partial charge in [0.2, 0.25) is 0 Å². The van der Waals surface area contributed by atoms with Crippen LogP contribution in [0.25, 0.3) is 11.5 Å². The Labute approximate surface area is 119 Å². The maximum absolute atomic E-state index is 5.56. The van der Waals surface area contributed by atoms with Crippen LogP contribution in [0, 0.1) is 0 Å². The molecule has 7 heteroatoms. The van der Waals surface area contributed by atoms with Crippen molar-refractivity contribution in [1.82, 2.24) is 15.1 Å². The molecule has 0 bridgehead atoms. The number of nitrogen functional groups attached to an aromatic ring is 1. The van der Waals surface area contributed by atoms with Crippen molar-refractivity contribution >= 4 is 29.3 Å². The molecule has 0 spiro atoms. The van der Waals surface area contributed by atoms with Gasteiger partial charge in [0.05, 0.1) is 10.8 Å². The van der Waals surface area contributed by atoms with Gasteiger partial charge in [-0.2, -0.15) is 16.7 Å². The number of nitrogens with zero attached hydrogens (tertiary/aromatic N) is 3. The summed E-state index contributed by atoms with van der Waals surface area (Å²) in [6.07, 6.45) is 1.65. The van der Waals surface area contributed by atoms with Crippen LogP contribution in [-0.2, 0) is 0 Å². The summed E-state index contributed by atoms with van der Waals surface area (Å²) >= 11 is 3.85. The first-order chi connectivity index (χ1) is 9.24. The lowest BCUT2D eigenvalue weighted by Crippen LogP contribution is -2.16. The van der Waals surface area contributed by atoms with Crippen LogP contribution >= 0.6 is 23.5 Å².